The molecule has 5 nitrogen and oxygen atoms in total. The highest BCUT2D eigenvalue weighted by atomic mass is 32.2. The first kappa shape index (κ1) is 21.9. The molecule has 4 aromatic rings. The largest absolute Gasteiger partial charge is 0.312 e. The number of rotatable bonds is 9. The van der Waals surface area contributed by atoms with Crippen molar-refractivity contribution in [3.05, 3.63) is 103 Å². The van der Waals surface area contributed by atoms with E-state index in [0.717, 1.165) is 27.5 Å². The molecule has 0 fully saturated rings. The smallest absolute Gasteiger partial charge is 0.241 e. The number of fused-ring (bicyclic) bond motifs is 1. The fraction of sp³-hybridized carbons (Fsp3) is 0.115. The summed E-state index contributed by atoms with van der Waals surface area (Å²) in [5, 5.41) is 4.87. The first-order valence-electron chi connectivity index (χ1n) is 10.5. The van der Waals surface area contributed by atoms with Crippen LogP contribution in [0.15, 0.2) is 102 Å². The van der Waals surface area contributed by atoms with E-state index in [9.17, 15) is 8.42 Å². The van der Waals surface area contributed by atoms with Crippen molar-refractivity contribution in [3.63, 3.8) is 0 Å². The van der Waals surface area contributed by atoms with Gasteiger partial charge in [-0.1, -0.05) is 78.9 Å². The van der Waals surface area contributed by atoms with Crippen LogP contribution in [0.2, 0.25) is 0 Å². The van der Waals surface area contributed by atoms with E-state index in [0.29, 0.717) is 24.5 Å². The van der Waals surface area contributed by atoms with Crippen LogP contribution in [-0.4, -0.2) is 33.0 Å². The van der Waals surface area contributed by atoms with Gasteiger partial charge in [-0.15, -0.1) is 0 Å². The fourth-order valence-corrected chi connectivity index (χ4v) is 4.74. The van der Waals surface area contributed by atoms with Crippen molar-refractivity contribution >= 4 is 26.9 Å². The second kappa shape index (κ2) is 10.3. The van der Waals surface area contributed by atoms with E-state index in [1.165, 1.54) is 0 Å². The predicted octanol–water partition coefficient (Wildman–Crippen LogP) is 4.48. The van der Waals surface area contributed by atoms with Crippen LogP contribution in [0.25, 0.3) is 28.0 Å². The molecule has 1 heterocycles. The SMILES string of the molecule is O=S(=O)(NCCNC/C=C/c1ccc(-c2cccnc2)cc1)c1cccc2ccccc12. The molecular formula is C26H25N3O2S. The number of pyridine rings is 1. The highest BCUT2D eigenvalue weighted by Gasteiger charge is 2.16. The van der Waals surface area contributed by atoms with Crippen molar-refractivity contribution < 1.29 is 8.42 Å². The minimum atomic E-state index is -3.56. The molecule has 0 unspecified atom stereocenters. The van der Waals surface area contributed by atoms with E-state index in [1.54, 1.807) is 18.3 Å². The lowest BCUT2D eigenvalue weighted by Gasteiger charge is -2.09. The molecule has 4 rings (SSSR count). The summed E-state index contributed by atoms with van der Waals surface area (Å²) in [6.07, 6.45) is 7.68. The molecule has 0 radical (unpaired) electrons. The monoisotopic (exact) mass is 443 g/mol. The van der Waals surface area contributed by atoms with Crippen molar-refractivity contribution in [1.29, 1.82) is 0 Å². The van der Waals surface area contributed by atoms with E-state index >= 15 is 0 Å². The maximum Gasteiger partial charge on any atom is 0.241 e. The summed E-state index contributed by atoms with van der Waals surface area (Å²) in [5.74, 6) is 0. The van der Waals surface area contributed by atoms with E-state index in [-0.39, 0.29) is 0 Å². The molecule has 6 heteroatoms. The highest BCUT2D eigenvalue weighted by molar-refractivity contribution is 7.89. The maximum atomic E-state index is 12.7. The van der Waals surface area contributed by atoms with Gasteiger partial charge in [-0.25, -0.2) is 13.1 Å². The number of hydrogen-bond acceptors (Lipinski definition) is 4. The Labute approximate surface area is 188 Å². The number of nitrogens with zero attached hydrogens (tertiary/aromatic N) is 1. The summed E-state index contributed by atoms with van der Waals surface area (Å²) >= 11 is 0. The third kappa shape index (κ3) is 5.48. The van der Waals surface area contributed by atoms with Crippen LogP contribution in [0.3, 0.4) is 0 Å². The zero-order valence-corrected chi connectivity index (χ0v) is 18.4. The van der Waals surface area contributed by atoms with Crippen molar-refractivity contribution in [2.45, 2.75) is 4.90 Å². The van der Waals surface area contributed by atoms with Crippen LogP contribution in [0, 0.1) is 0 Å². The minimum absolute atomic E-state index is 0.310. The zero-order chi connectivity index (χ0) is 22.2. The summed E-state index contributed by atoms with van der Waals surface area (Å²) in [5.41, 5.74) is 3.33. The lowest BCUT2D eigenvalue weighted by Crippen LogP contribution is -2.32. The molecule has 0 bridgehead atoms. The van der Waals surface area contributed by atoms with Crippen LogP contribution < -0.4 is 10.0 Å². The van der Waals surface area contributed by atoms with Crippen LogP contribution in [0.5, 0.6) is 0 Å². The average molecular weight is 444 g/mol. The van der Waals surface area contributed by atoms with Gasteiger partial charge in [-0.3, -0.25) is 4.98 Å². The molecule has 0 aliphatic heterocycles. The van der Waals surface area contributed by atoms with Gasteiger partial charge in [-0.05, 0) is 34.2 Å². The zero-order valence-electron chi connectivity index (χ0n) is 17.6. The van der Waals surface area contributed by atoms with E-state index in [2.05, 4.69) is 39.3 Å². The van der Waals surface area contributed by atoms with Crippen LogP contribution >= 0.6 is 0 Å². The molecule has 0 atom stereocenters. The van der Waals surface area contributed by atoms with Crippen molar-refractivity contribution in [3.8, 4) is 11.1 Å². The Kier molecular flexibility index (Phi) is 7.07. The normalized spacial score (nSPS) is 11.9. The molecule has 2 N–H and O–H groups in total. The molecule has 32 heavy (non-hydrogen) atoms. The second-order valence-corrected chi connectivity index (χ2v) is 9.08. The van der Waals surface area contributed by atoms with Gasteiger partial charge < -0.3 is 5.32 Å². The summed E-state index contributed by atoms with van der Waals surface area (Å²) in [6.45, 7) is 1.51. The van der Waals surface area contributed by atoms with Crippen molar-refractivity contribution in [2.24, 2.45) is 0 Å². The van der Waals surface area contributed by atoms with Crippen molar-refractivity contribution in [2.75, 3.05) is 19.6 Å². The Hall–Kier alpha value is -3.32. The number of sulfonamides is 1. The van der Waals surface area contributed by atoms with Gasteiger partial charge in [0.1, 0.15) is 0 Å². The van der Waals surface area contributed by atoms with Crippen molar-refractivity contribution in [1.82, 2.24) is 15.0 Å². The van der Waals surface area contributed by atoms with Gasteiger partial charge in [0.25, 0.3) is 0 Å². The van der Waals surface area contributed by atoms with Gasteiger partial charge in [0.05, 0.1) is 4.90 Å². The Morgan fingerprint density at radius 3 is 2.44 bits per heavy atom. The Balaban J connectivity index is 1.24. The topological polar surface area (TPSA) is 71.1 Å². The molecule has 162 valence electrons. The molecule has 3 aromatic carbocycles. The van der Waals surface area contributed by atoms with Crippen LogP contribution in [-0.2, 0) is 10.0 Å². The van der Waals surface area contributed by atoms with E-state index in [4.69, 9.17) is 0 Å². The number of aromatic nitrogens is 1. The Morgan fingerprint density at radius 1 is 0.812 bits per heavy atom. The van der Waals surface area contributed by atoms with E-state index in [1.807, 2.05) is 60.8 Å². The molecule has 0 saturated carbocycles. The molecule has 0 saturated heterocycles. The number of hydrogen-bond donors (Lipinski definition) is 2. The molecule has 0 aliphatic carbocycles. The molecule has 0 spiro atoms. The summed E-state index contributed by atoms with van der Waals surface area (Å²) < 4.78 is 28.1. The lowest BCUT2D eigenvalue weighted by atomic mass is 10.1. The second-order valence-electron chi connectivity index (χ2n) is 7.35. The third-order valence-electron chi connectivity index (χ3n) is 5.11. The Morgan fingerprint density at radius 2 is 1.62 bits per heavy atom. The fourth-order valence-electron chi connectivity index (χ4n) is 3.48. The quantitative estimate of drug-likeness (QED) is 0.374. The van der Waals surface area contributed by atoms with Gasteiger partial charge in [0, 0.05) is 37.4 Å². The standard InChI is InChI=1S/C26H25N3O2S/c30-32(31,26-11-3-8-23-7-1-2-10-25(23)26)29-19-18-27-16-4-6-21-12-14-22(15-13-21)24-9-5-17-28-20-24/h1-15,17,20,27,29H,16,18-19H2/b6-4+. The predicted molar refractivity (Wildman–Crippen MR) is 131 cm³/mol. The van der Waals surface area contributed by atoms with Crippen LogP contribution in [0.1, 0.15) is 5.56 Å². The van der Waals surface area contributed by atoms with Crippen LogP contribution in [0.4, 0.5) is 0 Å². The summed E-state index contributed by atoms with van der Waals surface area (Å²) in [7, 11) is -3.56. The molecule has 0 aliphatic rings. The molecular weight excluding hydrogens is 418 g/mol. The summed E-state index contributed by atoms with van der Waals surface area (Å²) in [4.78, 5) is 4.46. The third-order valence-corrected chi connectivity index (χ3v) is 6.63. The maximum absolute atomic E-state index is 12.7. The first-order valence-corrected chi connectivity index (χ1v) is 12.0. The van der Waals surface area contributed by atoms with E-state index < -0.39 is 10.0 Å². The average Bonchev–Trinajstić information content (AvgIpc) is 2.84. The van der Waals surface area contributed by atoms with Gasteiger partial charge >= 0.3 is 0 Å². The highest BCUT2D eigenvalue weighted by Crippen LogP contribution is 2.22. The van der Waals surface area contributed by atoms with Gasteiger partial charge in [0.2, 0.25) is 10.0 Å². The molecule has 0 amide bonds. The lowest BCUT2D eigenvalue weighted by molar-refractivity contribution is 0.579. The minimum Gasteiger partial charge on any atom is -0.312 e. The molecule has 1 aromatic heterocycles. The number of nitrogens with one attached hydrogen (secondary N) is 2. The van der Waals surface area contributed by atoms with Gasteiger partial charge in [-0.2, -0.15) is 0 Å². The van der Waals surface area contributed by atoms with Gasteiger partial charge in [0.15, 0.2) is 0 Å². The first-order chi connectivity index (χ1) is 15.6. The summed E-state index contributed by atoms with van der Waals surface area (Å²) in [6, 6.07) is 25.1. The Bertz CT molecular complexity index is 1300. The number of benzene rings is 3.